The number of nitrogens with zero attached hydrogens (tertiary/aromatic N) is 3. The van der Waals surface area contributed by atoms with Crippen molar-refractivity contribution >= 4 is 5.97 Å². The maximum atomic E-state index is 11.3. The molecule has 0 aromatic carbocycles. The van der Waals surface area contributed by atoms with Crippen molar-refractivity contribution in [1.82, 2.24) is 14.8 Å². The Bertz CT molecular complexity index is 647. The van der Waals surface area contributed by atoms with Crippen molar-refractivity contribution in [2.45, 2.75) is 20.8 Å². The molecule has 6 heteroatoms. The van der Waals surface area contributed by atoms with E-state index in [2.05, 4.69) is 10.1 Å². The fourth-order valence-electron chi connectivity index (χ4n) is 1.87. The molecule has 0 unspecified atom stereocenters. The third kappa shape index (κ3) is 2.29. The Morgan fingerprint density at radius 3 is 2.58 bits per heavy atom. The summed E-state index contributed by atoms with van der Waals surface area (Å²) in [5.41, 5.74) is 2.19. The second-order valence-electron chi connectivity index (χ2n) is 4.34. The molecule has 2 rings (SSSR count). The van der Waals surface area contributed by atoms with Gasteiger partial charge in [0.1, 0.15) is 11.3 Å². The number of carboxylic acids is 1. The van der Waals surface area contributed by atoms with Gasteiger partial charge in [0.05, 0.1) is 5.69 Å². The zero-order valence-corrected chi connectivity index (χ0v) is 11.3. The number of ether oxygens (including phenoxy) is 1. The van der Waals surface area contributed by atoms with E-state index in [-0.39, 0.29) is 11.4 Å². The van der Waals surface area contributed by atoms with Crippen LogP contribution < -0.4 is 4.74 Å². The molecule has 0 radical (unpaired) electrons. The lowest BCUT2D eigenvalue weighted by Gasteiger charge is -2.09. The SMILES string of the molecule is Cc1ccnc(Oc2c(C)nn(C)c2C)c1C(=O)O. The average Bonchev–Trinajstić information content (AvgIpc) is 2.55. The number of aryl methyl sites for hydroxylation is 3. The first-order chi connectivity index (χ1) is 8.91. The van der Waals surface area contributed by atoms with Crippen LogP contribution in [-0.4, -0.2) is 25.8 Å². The second kappa shape index (κ2) is 4.72. The Labute approximate surface area is 110 Å². The van der Waals surface area contributed by atoms with Crippen LogP contribution >= 0.6 is 0 Å². The van der Waals surface area contributed by atoms with Crippen molar-refractivity contribution in [3.8, 4) is 11.6 Å². The molecule has 0 aliphatic heterocycles. The maximum Gasteiger partial charge on any atom is 0.341 e. The zero-order valence-electron chi connectivity index (χ0n) is 11.3. The minimum Gasteiger partial charge on any atom is -0.477 e. The fourth-order valence-corrected chi connectivity index (χ4v) is 1.87. The first-order valence-corrected chi connectivity index (χ1v) is 5.78. The van der Waals surface area contributed by atoms with E-state index in [4.69, 9.17) is 4.74 Å². The summed E-state index contributed by atoms with van der Waals surface area (Å²) in [5, 5.41) is 13.4. The lowest BCUT2D eigenvalue weighted by atomic mass is 10.1. The molecular formula is C13H15N3O3. The number of hydrogen-bond donors (Lipinski definition) is 1. The van der Waals surface area contributed by atoms with Crippen molar-refractivity contribution in [3.05, 3.63) is 34.8 Å². The Kier molecular flexibility index (Phi) is 3.25. The van der Waals surface area contributed by atoms with Crippen LogP contribution in [0.1, 0.15) is 27.3 Å². The van der Waals surface area contributed by atoms with Gasteiger partial charge in [0.25, 0.3) is 0 Å². The quantitative estimate of drug-likeness (QED) is 0.916. The van der Waals surface area contributed by atoms with Crippen LogP contribution in [0.25, 0.3) is 0 Å². The molecule has 100 valence electrons. The van der Waals surface area contributed by atoms with Gasteiger partial charge in [0.2, 0.25) is 5.88 Å². The molecule has 0 saturated heterocycles. The van der Waals surface area contributed by atoms with Crippen LogP contribution in [0.2, 0.25) is 0 Å². The maximum absolute atomic E-state index is 11.3. The minimum atomic E-state index is -1.06. The predicted octanol–water partition coefficient (Wildman–Crippen LogP) is 2.23. The molecule has 2 aromatic rings. The molecule has 0 aliphatic rings. The Balaban J connectivity index is 2.50. The molecule has 0 aliphatic carbocycles. The Morgan fingerprint density at radius 1 is 1.37 bits per heavy atom. The third-order valence-corrected chi connectivity index (χ3v) is 2.98. The molecule has 19 heavy (non-hydrogen) atoms. The second-order valence-corrected chi connectivity index (χ2v) is 4.34. The van der Waals surface area contributed by atoms with E-state index >= 15 is 0 Å². The number of hydrogen-bond acceptors (Lipinski definition) is 4. The van der Waals surface area contributed by atoms with Gasteiger partial charge in [0.15, 0.2) is 5.75 Å². The molecule has 0 saturated carbocycles. The molecule has 2 heterocycles. The largest absolute Gasteiger partial charge is 0.477 e. The molecule has 6 nitrogen and oxygen atoms in total. The number of aromatic carboxylic acids is 1. The van der Waals surface area contributed by atoms with Crippen molar-refractivity contribution < 1.29 is 14.6 Å². The van der Waals surface area contributed by atoms with Gasteiger partial charge in [-0.1, -0.05) is 0 Å². The molecule has 0 bridgehead atoms. The van der Waals surface area contributed by atoms with Crippen LogP contribution in [0.5, 0.6) is 11.6 Å². The van der Waals surface area contributed by atoms with Gasteiger partial charge >= 0.3 is 5.97 Å². The van der Waals surface area contributed by atoms with Crippen molar-refractivity contribution in [1.29, 1.82) is 0 Å². The molecule has 0 spiro atoms. The van der Waals surface area contributed by atoms with Gasteiger partial charge in [-0.3, -0.25) is 4.68 Å². The third-order valence-electron chi connectivity index (χ3n) is 2.98. The number of carboxylic acid groups (broad SMARTS) is 1. The van der Waals surface area contributed by atoms with Gasteiger partial charge in [-0.15, -0.1) is 0 Å². The highest BCUT2D eigenvalue weighted by Gasteiger charge is 2.19. The summed E-state index contributed by atoms with van der Waals surface area (Å²) in [4.78, 5) is 15.3. The van der Waals surface area contributed by atoms with E-state index in [0.717, 1.165) is 5.69 Å². The summed E-state index contributed by atoms with van der Waals surface area (Å²) >= 11 is 0. The summed E-state index contributed by atoms with van der Waals surface area (Å²) in [6.07, 6.45) is 1.53. The van der Waals surface area contributed by atoms with Crippen LogP contribution in [0.15, 0.2) is 12.3 Å². The summed E-state index contributed by atoms with van der Waals surface area (Å²) in [6, 6.07) is 1.64. The summed E-state index contributed by atoms with van der Waals surface area (Å²) in [5.74, 6) is -0.422. The summed E-state index contributed by atoms with van der Waals surface area (Å²) in [7, 11) is 1.80. The molecule has 0 amide bonds. The monoisotopic (exact) mass is 261 g/mol. The van der Waals surface area contributed by atoms with Gasteiger partial charge in [-0.05, 0) is 32.4 Å². The van der Waals surface area contributed by atoms with Gasteiger partial charge < -0.3 is 9.84 Å². The average molecular weight is 261 g/mol. The molecule has 0 atom stereocenters. The highest BCUT2D eigenvalue weighted by atomic mass is 16.5. The van der Waals surface area contributed by atoms with E-state index in [1.54, 1.807) is 31.6 Å². The fraction of sp³-hybridized carbons (Fsp3) is 0.308. The standard InChI is InChI=1S/C13H15N3O3/c1-7-5-6-14-12(10(7)13(17)18)19-11-8(2)15-16(4)9(11)3/h5-6H,1-4H3,(H,17,18). The van der Waals surface area contributed by atoms with Crippen LogP contribution in [0.4, 0.5) is 0 Å². The molecule has 2 aromatic heterocycles. The number of carbonyl (C=O) groups is 1. The van der Waals surface area contributed by atoms with E-state index in [0.29, 0.717) is 17.0 Å². The first-order valence-electron chi connectivity index (χ1n) is 5.78. The van der Waals surface area contributed by atoms with Crippen LogP contribution in [-0.2, 0) is 7.05 Å². The van der Waals surface area contributed by atoms with E-state index < -0.39 is 5.97 Å². The highest BCUT2D eigenvalue weighted by molar-refractivity contribution is 5.91. The van der Waals surface area contributed by atoms with Crippen LogP contribution in [0, 0.1) is 20.8 Å². The lowest BCUT2D eigenvalue weighted by molar-refractivity contribution is 0.0692. The Hall–Kier alpha value is -2.37. The van der Waals surface area contributed by atoms with Crippen LogP contribution in [0.3, 0.4) is 0 Å². The molecular weight excluding hydrogens is 246 g/mol. The van der Waals surface area contributed by atoms with Gasteiger partial charge in [-0.25, -0.2) is 9.78 Å². The smallest absolute Gasteiger partial charge is 0.341 e. The number of aromatic nitrogens is 3. The van der Waals surface area contributed by atoms with E-state index in [9.17, 15) is 9.90 Å². The highest BCUT2D eigenvalue weighted by Crippen LogP contribution is 2.29. The van der Waals surface area contributed by atoms with E-state index in [1.807, 2.05) is 6.92 Å². The Morgan fingerprint density at radius 2 is 2.05 bits per heavy atom. The zero-order chi connectivity index (χ0) is 14.2. The first kappa shape index (κ1) is 13.1. The van der Waals surface area contributed by atoms with Crippen molar-refractivity contribution in [3.63, 3.8) is 0 Å². The lowest BCUT2D eigenvalue weighted by Crippen LogP contribution is -2.05. The van der Waals surface area contributed by atoms with E-state index in [1.165, 1.54) is 6.20 Å². The number of pyridine rings is 1. The van der Waals surface area contributed by atoms with Crippen molar-refractivity contribution in [2.24, 2.45) is 7.05 Å². The van der Waals surface area contributed by atoms with Gasteiger partial charge in [0, 0.05) is 13.2 Å². The topological polar surface area (TPSA) is 77.2 Å². The number of rotatable bonds is 3. The summed E-state index contributed by atoms with van der Waals surface area (Å²) < 4.78 is 7.34. The van der Waals surface area contributed by atoms with Crippen molar-refractivity contribution in [2.75, 3.05) is 0 Å². The summed E-state index contributed by atoms with van der Waals surface area (Å²) in [6.45, 7) is 5.37. The van der Waals surface area contributed by atoms with Gasteiger partial charge in [-0.2, -0.15) is 5.10 Å². The molecule has 0 fully saturated rings. The predicted molar refractivity (Wildman–Crippen MR) is 68.7 cm³/mol. The normalized spacial score (nSPS) is 10.5. The molecule has 1 N–H and O–H groups in total. The minimum absolute atomic E-state index is 0.0742.